The standard InChI is InChI=1S/C21H24O2/c1-3-10-21-12-8-15(22)13-14(21)4-5-16-17-6-7-19(23)20(17,2)11-9-18(16)21/h4-5,10,13,16-18H,1,6-9,11-12H2,2H3/t16-,17-,18-,20-,21?/m0/s1. The van der Waals surface area contributed by atoms with E-state index in [1.54, 1.807) is 0 Å². The van der Waals surface area contributed by atoms with Crippen LogP contribution in [0.5, 0.6) is 0 Å². The van der Waals surface area contributed by atoms with Crippen molar-refractivity contribution in [3.63, 3.8) is 0 Å². The zero-order valence-corrected chi connectivity index (χ0v) is 13.8. The smallest absolute Gasteiger partial charge is 0.156 e. The highest BCUT2D eigenvalue weighted by Crippen LogP contribution is 2.63. The largest absolute Gasteiger partial charge is 0.299 e. The average Bonchev–Trinajstić information content (AvgIpc) is 2.84. The van der Waals surface area contributed by atoms with Gasteiger partial charge in [0.1, 0.15) is 5.78 Å². The normalized spacial score (nSPS) is 44.7. The summed E-state index contributed by atoms with van der Waals surface area (Å²) in [7, 11) is 0. The second-order valence-electron chi connectivity index (χ2n) is 8.02. The van der Waals surface area contributed by atoms with E-state index in [4.69, 9.17) is 0 Å². The van der Waals surface area contributed by atoms with E-state index < -0.39 is 0 Å². The molecule has 0 aromatic heterocycles. The molecular formula is C21H24O2. The molecule has 0 radical (unpaired) electrons. The Labute approximate surface area is 138 Å². The summed E-state index contributed by atoms with van der Waals surface area (Å²) in [6.45, 7) is 6.00. The first-order valence-electron chi connectivity index (χ1n) is 8.85. The van der Waals surface area contributed by atoms with Crippen molar-refractivity contribution < 1.29 is 9.59 Å². The lowest BCUT2D eigenvalue weighted by molar-refractivity contribution is -0.130. The van der Waals surface area contributed by atoms with E-state index in [1.807, 2.05) is 6.08 Å². The summed E-state index contributed by atoms with van der Waals surface area (Å²) in [6, 6.07) is 0. The number of carbonyl (C=O) groups is 2. The Morgan fingerprint density at radius 3 is 2.83 bits per heavy atom. The minimum Gasteiger partial charge on any atom is -0.299 e. The van der Waals surface area contributed by atoms with Gasteiger partial charge in [-0.25, -0.2) is 0 Å². The quantitative estimate of drug-likeness (QED) is 0.681. The van der Waals surface area contributed by atoms with Crippen molar-refractivity contribution in [1.29, 1.82) is 0 Å². The maximum Gasteiger partial charge on any atom is 0.156 e. The molecular weight excluding hydrogens is 284 g/mol. The van der Waals surface area contributed by atoms with Gasteiger partial charge < -0.3 is 0 Å². The minimum atomic E-state index is -0.129. The fraction of sp³-hybridized carbons (Fsp3) is 0.571. The maximum atomic E-state index is 12.4. The molecule has 0 N–H and O–H groups in total. The fourth-order valence-corrected chi connectivity index (χ4v) is 5.95. The van der Waals surface area contributed by atoms with Gasteiger partial charge in [0.15, 0.2) is 5.78 Å². The van der Waals surface area contributed by atoms with E-state index in [0.29, 0.717) is 30.0 Å². The Balaban J connectivity index is 1.82. The first-order chi connectivity index (χ1) is 11.0. The third kappa shape index (κ3) is 1.88. The number of hydrogen-bond donors (Lipinski definition) is 0. The number of rotatable bonds is 1. The van der Waals surface area contributed by atoms with Crippen LogP contribution in [-0.2, 0) is 9.59 Å². The first kappa shape index (κ1) is 14.9. The van der Waals surface area contributed by atoms with Crippen molar-refractivity contribution in [2.24, 2.45) is 28.6 Å². The van der Waals surface area contributed by atoms with Crippen molar-refractivity contribution >= 4 is 11.6 Å². The van der Waals surface area contributed by atoms with Gasteiger partial charge in [0.25, 0.3) is 0 Å². The monoisotopic (exact) mass is 308 g/mol. The van der Waals surface area contributed by atoms with Crippen LogP contribution >= 0.6 is 0 Å². The molecule has 4 rings (SSSR count). The fourth-order valence-electron chi connectivity index (χ4n) is 5.95. The molecule has 0 spiro atoms. The van der Waals surface area contributed by atoms with Gasteiger partial charge in [-0.05, 0) is 61.2 Å². The van der Waals surface area contributed by atoms with Crippen LogP contribution in [0.4, 0.5) is 0 Å². The first-order valence-corrected chi connectivity index (χ1v) is 8.85. The Morgan fingerprint density at radius 1 is 1.22 bits per heavy atom. The average molecular weight is 308 g/mol. The van der Waals surface area contributed by atoms with Crippen LogP contribution in [0.3, 0.4) is 0 Å². The van der Waals surface area contributed by atoms with Crippen molar-refractivity contribution in [2.75, 3.05) is 0 Å². The summed E-state index contributed by atoms with van der Waals surface area (Å²) in [5.74, 6) is 2.06. The predicted molar refractivity (Wildman–Crippen MR) is 89.7 cm³/mol. The van der Waals surface area contributed by atoms with Gasteiger partial charge in [-0.15, -0.1) is 5.73 Å². The van der Waals surface area contributed by atoms with E-state index in [9.17, 15) is 9.59 Å². The Morgan fingerprint density at radius 2 is 2.04 bits per heavy atom. The summed E-state index contributed by atoms with van der Waals surface area (Å²) in [5.41, 5.74) is 3.94. The molecule has 0 bridgehead atoms. The van der Waals surface area contributed by atoms with Crippen LogP contribution in [0.2, 0.25) is 0 Å². The molecule has 4 aliphatic rings. The lowest BCUT2D eigenvalue weighted by Gasteiger charge is -2.54. The molecule has 5 atom stereocenters. The number of ketones is 2. The van der Waals surface area contributed by atoms with Gasteiger partial charge >= 0.3 is 0 Å². The number of carbonyl (C=O) groups excluding carboxylic acids is 2. The highest BCUT2D eigenvalue weighted by atomic mass is 16.1. The minimum absolute atomic E-state index is 0.0952. The van der Waals surface area contributed by atoms with E-state index in [-0.39, 0.29) is 16.6 Å². The molecule has 0 amide bonds. The number of hydrogen-bond acceptors (Lipinski definition) is 2. The van der Waals surface area contributed by atoms with Crippen LogP contribution in [-0.4, -0.2) is 11.6 Å². The summed E-state index contributed by atoms with van der Waals surface area (Å²) in [4.78, 5) is 24.3. The molecule has 0 saturated heterocycles. The van der Waals surface area contributed by atoms with Crippen LogP contribution in [0.1, 0.15) is 45.4 Å². The van der Waals surface area contributed by atoms with E-state index >= 15 is 0 Å². The van der Waals surface area contributed by atoms with Gasteiger partial charge in [0.05, 0.1) is 0 Å². The molecule has 0 aromatic carbocycles. The van der Waals surface area contributed by atoms with E-state index in [0.717, 1.165) is 37.7 Å². The molecule has 0 aliphatic heterocycles. The van der Waals surface area contributed by atoms with Gasteiger partial charge in [0, 0.05) is 23.7 Å². The Hall–Kier alpha value is -1.66. The summed E-state index contributed by atoms with van der Waals surface area (Å²) >= 11 is 0. The summed E-state index contributed by atoms with van der Waals surface area (Å²) in [5, 5.41) is 0. The molecule has 0 aromatic rings. The van der Waals surface area contributed by atoms with E-state index in [2.05, 4.69) is 37.5 Å². The van der Waals surface area contributed by atoms with Crippen LogP contribution in [0, 0.1) is 28.6 Å². The van der Waals surface area contributed by atoms with Crippen molar-refractivity contribution in [3.8, 4) is 0 Å². The number of fused-ring (bicyclic) bond motifs is 5. The molecule has 2 fully saturated rings. The Kier molecular flexibility index (Phi) is 3.19. The van der Waals surface area contributed by atoms with Crippen LogP contribution in [0.25, 0.3) is 0 Å². The van der Waals surface area contributed by atoms with Gasteiger partial charge in [-0.1, -0.05) is 25.7 Å². The third-order valence-electron chi connectivity index (χ3n) is 7.20. The topological polar surface area (TPSA) is 34.1 Å². The molecule has 2 nitrogen and oxygen atoms in total. The highest BCUT2D eigenvalue weighted by molar-refractivity contribution is 5.92. The second kappa shape index (κ2) is 4.92. The van der Waals surface area contributed by atoms with Gasteiger partial charge in [0.2, 0.25) is 0 Å². The molecule has 0 heterocycles. The highest BCUT2D eigenvalue weighted by Gasteiger charge is 2.58. The molecule has 2 heteroatoms. The molecule has 1 unspecified atom stereocenters. The predicted octanol–water partition coefficient (Wildman–Crippen LogP) is 4.18. The Bertz CT molecular complexity index is 691. The molecule has 2 saturated carbocycles. The third-order valence-corrected chi connectivity index (χ3v) is 7.20. The molecule has 4 aliphatic carbocycles. The lowest BCUT2D eigenvalue weighted by atomic mass is 9.49. The van der Waals surface area contributed by atoms with Crippen molar-refractivity contribution in [2.45, 2.75) is 45.4 Å². The van der Waals surface area contributed by atoms with Crippen LogP contribution in [0.15, 0.2) is 42.2 Å². The van der Waals surface area contributed by atoms with Gasteiger partial charge in [-0.3, -0.25) is 9.59 Å². The summed E-state index contributed by atoms with van der Waals surface area (Å²) in [6.07, 6.45) is 13.7. The number of Topliss-reactive ketones (excluding diaryl/α,β-unsaturated/α-hetero) is 1. The van der Waals surface area contributed by atoms with Gasteiger partial charge in [-0.2, -0.15) is 0 Å². The molecule has 23 heavy (non-hydrogen) atoms. The second-order valence-corrected chi connectivity index (χ2v) is 8.02. The zero-order valence-electron chi connectivity index (χ0n) is 13.8. The SMILES string of the molecule is C=C=CC12CCC(=O)C=C1C=C[C@@H]1[C@@H]2CC[C@]2(C)C(=O)CC[C@@H]12. The molecule has 120 valence electrons. The van der Waals surface area contributed by atoms with Crippen molar-refractivity contribution in [1.82, 2.24) is 0 Å². The lowest BCUT2D eigenvalue weighted by Crippen LogP contribution is -2.49. The zero-order chi connectivity index (χ0) is 16.2. The van der Waals surface area contributed by atoms with Crippen molar-refractivity contribution in [3.05, 3.63) is 42.2 Å². The maximum absolute atomic E-state index is 12.4. The van der Waals surface area contributed by atoms with E-state index in [1.165, 1.54) is 0 Å². The van der Waals surface area contributed by atoms with Crippen LogP contribution < -0.4 is 0 Å². The summed E-state index contributed by atoms with van der Waals surface area (Å²) < 4.78 is 0. The number of allylic oxidation sites excluding steroid dienone is 5.